The van der Waals surface area contributed by atoms with Crippen molar-refractivity contribution >= 4 is 12.1 Å². The molecule has 0 aromatic heterocycles. The molecule has 0 aromatic carbocycles. The highest BCUT2D eigenvalue weighted by atomic mass is 16.6. The van der Waals surface area contributed by atoms with Crippen LogP contribution in [0.2, 0.25) is 0 Å². The molecule has 1 amide bonds. The standard InChI is InChI=1S/C13H23NO4/c1-13(2,3)18-12(16)14-10-8-6-5-7-9(10)11(15)17-4/h9-10H,5-8H2,1-4H3,(H,14,16). The molecular weight excluding hydrogens is 234 g/mol. The molecule has 0 bridgehead atoms. The van der Waals surface area contributed by atoms with Crippen LogP contribution in [0.4, 0.5) is 4.79 Å². The van der Waals surface area contributed by atoms with E-state index in [1.807, 2.05) is 20.8 Å². The molecule has 2 unspecified atom stereocenters. The van der Waals surface area contributed by atoms with Crippen LogP contribution in [-0.4, -0.2) is 30.8 Å². The summed E-state index contributed by atoms with van der Waals surface area (Å²) in [4.78, 5) is 23.3. The maximum absolute atomic E-state index is 11.7. The number of methoxy groups -OCH3 is 1. The van der Waals surface area contributed by atoms with Crippen molar-refractivity contribution in [3.8, 4) is 0 Å². The number of alkyl carbamates (subject to hydrolysis) is 1. The molecule has 1 saturated carbocycles. The number of esters is 1. The molecule has 0 spiro atoms. The molecule has 18 heavy (non-hydrogen) atoms. The molecule has 104 valence electrons. The molecule has 0 heterocycles. The predicted octanol–water partition coefficient (Wildman–Crippen LogP) is 2.24. The molecule has 0 aromatic rings. The second-order valence-corrected chi connectivity index (χ2v) is 5.67. The lowest BCUT2D eigenvalue weighted by molar-refractivity contribution is -0.147. The van der Waals surface area contributed by atoms with Crippen molar-refractivity contribution in [2.24, 2.45) is 5.92 Å². The van der Waals surface area contributed by atoms with E-state index in [4.69, 9.17) is 9.47 Å². The summed E-state index contributed by atoms with van der Waals surface area (Å²) in [5.74, 6) is -0.507. The summed E-state index contributed by atoms with van der Waals surface area (Å²) >= 11 is 0. The Labute approximate surface area is 108 Å². The zero-order valence-corrected chi connectivity index (χ0v) is 11.6. The van der Waals surface area contributed by atoms with Gasteiger partial charge in [-0.1, -0.05) is 12.8 Å². The Balaban J connectivity index is 2.57. The highest BCUT2D eigenvalue weighted by Gasteiger charge is 2.33. The minimum Gasteiger partial charge on any atom is -0.469 e. The van der Waals surface area contributed by atoms with Crippen molar-refractivity contribution in [1.29, 1.82) is 0 Å². The molecule has 1 N–H and O–H groups in total. The van der Waals surface area contributed by atoms with E-state index in [-0.39, 0.29) is 17.9 Å². The van der Waals surface area contributed by atoms with Crippen molar-refractivity contribution in [3.05, 3.63) is 0 Å². The Hall–Kier alpha value is -1.26. The fourth-order valence-corrected chi connectivity index (χ4v) is 2.20. The van der Waals surface area contributed by atoms with Gasteiger partial charge in [0.25, 0.3) is 0 Å². The second-order valence-electron chi connectivity index (χ2n) is 5.67. The Bertz CT molecular complexity index is 309. The van der Waals surface area contributed by atoms with Gasteiger partial charge in [-0.05, 0) is 33.6 Å². The number of hydrogen-bond acceptors (Lipinski definition) is 4. The third-order valence-electron chi connectivity index (χ3n) is 2.97. The molecular formula is C13H23NO4. The summed E-state index contributed by atoms with van der Waals surface area (Å²) in [6.45, 7) is 5.43. The van der Waals surface area contributed by atoms with E-state index in [1.165, 1.54) is 7.11 Å². The summed E-state index contributed by atoms with van der Waals surface area (Å²) in [7, 11) is 1.38. The lowest BCUT2D eigenvalue weighted by Gasteiger charge is -2.31. The van der Waals surface area contributed by atoms with E-state index in [1.54, 1.807) is 0 Å². The number of ether oxygens (including phenoxy) is 2. The molecule has 1 aliphatic carbocycles. The van der Waals surface area contributed by atoms with Gasteiger partial charge in [0.05, 0.1) is 13.0 Å². The third kappa shape index (κ3) is 4.55. The smallest absolute Gasteiger partial charge is 0.407 e. The summed E-state index contributed by atoms with van der Waals surface area (Å²) in [5, 5.41) is 2.78. The Morgan fingerprint density at radius 3 is 2.33 bits per heavy atom. The van der Waals surface area contributed by atoms with E-state index in [9.17, 15) is 9.59 Å². The third-order valence-corrected chi connectivity index (χ3v) is 2.97. The number of rotatable bonds is 2. The second kappa shape index (κ2) is 6.07. The summed E-state index contributed by atoms with van der Waals surface area (Å²) < 4.78 is 9.97. The van der Waals surface area contributed by atoms with Gasteiger partial charge in [-0.25, -0.2) is 4.79 Å². The number of carbonyl (C=O) groups is 2. The molecule has 5 nitrogen and oxygen atoms in total. The normalized spacial score (nSPS) is 24.2. The molecule has 5 heteroatoms. The van der Waals surface area contributed by atoms with E-state index < -0.39 is 11.7 Å². The quantitative estimate of drug-likeness (QED) is 0.770. The Morgan fingerprint density at radius 2 is 1.78 bits per heavy atom. The number of nitrogens with one attached hydrogen (secondary N) is 1. The van der Waals surface area contributed by atoms with Crippen molar-refractivity contribution in [2.45, 2.75) is 58.1 Å². The Kier molecular flexibility index (Phi) is 4.99. The molecule has 1 aliphatic rings. The minimum absolute atomic E-state index is 0.180. The highest BCUT2D eigenvalue weighted by molar-refractivity contribution is 5.75. The van der Waals surface area contributed by atoms with Crippen LogP contribution in [0, 0.1) is 5.92 Å². The molecule has 2 atom stereocenters. The SMILES string of the molecule is COC(=O)C1CCCCC1NC(=O)OC(C)(C)C. The van der Waals surface area contributed by atoms with Gasteiger partial charge in [0.15, 0.2) is 0 Å². The fraction of sp³-hybridized carbons (Fsp3) is 0.846. The maximum atomic E-state index is 11.7. The van der Waals surface area contributed by atoms with Crippen LogP contribution in [-0.2, 0) is 14.3 Å². The zero-order valence-electron chi connectivity index (χ0n) is 11.6. The first-order valence-corrected chi connectivity index (χ1v) is 6.41. The van der Waals surface area contributed by atoms with Crippen LogP contribution in [0.1, 0.15) is 46.5 Å². The van der Waals surface area contributed by atoms with Gasteiger partial charge in [-0.15, -0.1) is 0 Å². The number of hydrogen-bond donors (Lipinski definition) is 1. The van der Waals surface area contributed by atoms with Gasteiger partial charge in [0.1, 0.15) is 5.60 Å². The zero-order chi connectivity index (χ0) is 13.8. The Morgan fingerprint density at radius 1 is 1.17 bits per heavy atom. The van der Waals surface area contributed by atoms with Crippen molar-refractivity contribution in [2.75, 3.05) is 7.11 Å². The first kappa shape index (κ1) is 14.8. The largest absolute Gasteiger partial charge is 0.469 e. The van der Waals surface area contributed by atoms with Crippen LogP contribution < -0.4 is 5.32 Å². The maximum Gasteiger partial charge on any atom is 0.407 e. The summed E-state index contributed by atoms with van der Waals surface area (Å²) in [6, 6.07) is -0.180. The van der Waals surface area contributed by atoms with E-state index in [0.717, 1.165) is 25.7 Å². The van der Waals surface area contributed by atoms with E-state index in [2.05, 4.69) is 5.32 Å². The van der Waals surface area contributed by atoms with Crippen molar-refractivity contribution in [3.63, 3.8) is 0 Å². The first-order valence-electron chi connectivity index (χ1n) is 6.41. The van der Waals surface area contributed by atoms with Gasteiger partial charge in [0, 0.05) is 6.04 Å². The molecule has 1 fully saturated rings. The highest BCUT2D eigenvalue weighted by Crippen LogP contribution is 2.25. The average molecular weight is 257 g/mol. The van der Waals surface area contributed by atoms with Gasteiger partial charge in [-0.2, -0.15) is 0 Å². The van der Waals surface area contributed by atoms with Gasteiger partial charge < -0.3 is 14.8 Å². The van der Waals surface area contributed by atoms with Gasteiger partial charge in [-0.3, -0.25) is 4.79 Å². The lowest BCUT2D eigenvalue weighted by atomic mass is 9.84. The molecule has 0 aliphatic heterocycles. The first-order chi connectivity index (χ1) is 8.33. The van der Waals surface area contributed by atoms with E-state index >= 15 is 0 Å². The average Bonchev–Trinajstić information content (AvgIpc) is 2.26. The molecule has 0 radical (unpaired) electrons. The lowest BCUT2D eigenvalue weighted by Crippen LogP contribution is -2.47. The number of carbonyl (C=O) groups excluding carboxylic acids is 2. The van der Waals surface area contributed by atoms with Crippen LogP contribution in [0.15, 0.2) is 0 Å². The molecule has 0 saturated heterocycles. The van der Waals surface area contributed by atoms with Crippen molar-refractivity contribution < 1.29 is 19.1 Å². The monoisotopic (exact) mass is 257 g/mol. The predicted molar refractivity (Wildman–Crippen MR) is 67.1 cm³/mol. The van der Waals surface area contributed by atoms with Gasteiger partial charge in [0.2, 0.25) is 0 Å². The fourth-order valence-electron chi connectivity index (χ4n) is 2.20. The van der Waals surface area contributed by atoms with Crippen LogP contribution in [0.5, 0.6) is 0 Å². The molecule has 1 rings (SSSR count). The van der Waals surface area contributed by atoms with Crippen LogP contribution in [0.25, 0.3) is 0 Å². The van der Waals surface area contributed by atoms with E-state index in [0.29, 0.717) is 0 Å². The minimum atomic E-state index is -0.528. The number of amides is 1. The van der Waals surface area contributed by atoms with Gasteiger partial charge >= 0.3 is 12.1 Å². The van der Waals surface area contributed by atoms with Crippen molar-refractivity contribution in [1.82, 2.24) is 5.32 Å². The summed E-state index contributed by atoms with van der Waals surface area (Å²) in [5.41, 5.74) is -0.528. The summed E-state index contributed by atoms with van der Waals surface area (Å²) in [6.07, 6.45) is 3.08. The van der Waals surface area contributed by atoms with Crippen LogP contribution >= 0.6 is 0 Å². The topological polar surface area (TPSA) is 64.6 Å². The van der Waals surface area contributed by atoms with Crippen LogP contribution in [0.3, 0.4) is 0 Å².